The maximum Gasteiger partial charge on any atom is 0.171 e. The molecule has 2 aliphatic rings. The van der Waals surface area contributed by atoms with Gasteiger partial charge in [0, 0.05) is 38.4 Å². The van der Waals surface area contributed by atoms with Gasteiger partial charge in [-0.15, -0.1) is 6.58 Å². The Hall–Kier alpha value is -1.83. The molecule has 0 saturated carbocycles. The number of nitrogens with one attached hydrogen (secondary N) is 2. The van der Waals surface area contributed by atoms with Crippen molar-refractivity contribution in [2.24, 2.45) is 0 Å². The molecule has 0 atom stereocenters. The van der Waals surface area contributed by atoms with Gasteiger partial charge >= 0.3 is 0 Å². The van der Waals surface area contributed by atoms with Gasteiger partial charge in [0.1, 0.15) is 0 Å². The van der Waals surface area contributed by atoms with Crippen LogP contribution in [0.2, 0.25) is 0 Å². The van der Waals surface area contributed by atoms with E-state index >= 15 is 0 Å². The highest BCUT2D eigenvalue weighted by molar-refractivity contribution is 7.80. The van der Waals surface area contributed by atoms with Crippen LogP contribution in [0, 0.1) is 0 Å². The number of thiocarbonyl (C=S) groups is 1. The van der Waals surface area contributed by atoms with Gasteiger partial charge in [0.25, 0.3) is 0 Å². The van der Waals surface area contributed by atoms with Crippen molar-refractivity contribution in [1.29, 1.82) is 0 Å². The van der Waals surface area contributed by atoms with E-state index in [1.807, 2.05) is 0 Å². The molecule has 3 rings (SSSR count). The average Bonchev–Trinajstić information content (AvgIpc) is 2.68. The topological polar surface area (TPSA) is 49.0 Å². The first-order valence-electron chi connectivity index (χ1n) is 8.73. The van der Waals surface area contributed by atoms with Crippen LogP contribution in [0.3, 0.4) is 0 Å². The predicted octanol–water partition coefficient (Wildman–Crippen LogP) is 1.83. The molecule has 25 heavy (non-hydrogen) atoms. The van der Waals surface area contributed by atoms with Gasteiger partial charge in [-0.25, -0.2) is 0 Å². The summed E-state index contributed by atoms with van der Waals surface area (Å²) in [6.07, 6.45) is 1.79. The van der Waals surface area contributed by atoms with Crippen LogP contribution in [0.1, 0.15) is 0 Å². The number of anilines is 3. The fourth-order valence-electron chi connectivity index (χ4n) is 3.04. The van der Waals surface area contributed by atoms with E-state index in [9.17, 15) is 0 Å². The summed E-state index contributed by atoms with van der Waals surface area (Å²) in [7, 11) is 0. The molecule has 1 aromatic rings. The van der Waals surface area contributed by atoms with Crippen LogP contribution < -0.4 is 20.4 Å². The predicted molar refractivity (Wildman–Crippen MR) is 107 cm³/mol. The first-order chi connectivity index (χ1) is 12.3. The van der Waals surface area contributed by atoms with Crippen molar-refractivity contribution in [2.45, 2.75) is 0 Å². The van der Waals surface area contributed by atoms with Crippen molar-refractivity contribution in [3.63, 3.8) is 0 Å². The van der Waals surface area contributed by atoms with Crippen LogP contribution in [0.4, 0.5) is 17.1 Å². The van der Waals surface area contributed by atoms with Crippen LogP contribution in [-0.2, 0) is 9.47 Å². The highest BCUT2D eigenvalue weighted by Crippen LogP contribution is 2.32. The first-order valence-corrected chi connectivity index (χ1v) is 9.14. The SMILES string of the molecule is C=CCNC(=S)Nc1ccc(N2CCOCC2)cc1N1CCOCC1. The molecule has 2 N–H and O–H groups in total. The monoisotopic (exact) mass is 362 g/mol. The van der Waals surface area contributed by atoms with E-state index in [4.69, 9.17) is 21.7 Å². The highest BCUT2D eigenvalue weighted by atomic mass is 32.1. The Kier molecular flexibility index (Phi) is 6.49. The van der Waals surface area contributed by atoms with Crippen LogP contribution in [0.25, 0.3) is 0 Å². The van der Waals surface area contributed by atoms with Gasteiger partial charge in [0.2, 0.25) is 0 Å². The zero-order chi connectivity index (χ0) is 17.5. The summed E-state index contributed by atoms with van der Waals surface area (Å²) >= 11 is 5.38. The maximum atomic E-state index is 5.50. The Morgan fingerprint density at radius 2 is 1.72 bits per heavy atom. The van der Waals surface area contributed by atoms with Crippen LogP contribution in [-0.4, -0.2) is 64.3 Å². The van der Waals surface area contributed by atoms with Crippen molar-refractivity contribution in [3.05, 3.63) is 30.9 Å². The Balaban J connectivity index is 1.81. The van der Waals surface area contributed by atoms with Gasteiger partial charge in [-0.3, -0.25) is 0 Å². The summed E-state index contributed by atoms with van der Waals surface area (Å²) in [5.41, 5.74) is 3.40. The van der Waals surface area contributed by atoms with E-state index in [0.717, 1.165) is 64.0 Å². The number of rotatable bonds is 5. The van der Waals surface area contributed by atoms with E-state index in [2.05, 4.69) is 45.2 Å². The molecule has 0 spiro atoms. The lowest BCUT2D eigenvalue weighted by atomic mass is 10.2. The number of benzene rings is 1. The van der Waals surface area contributed by atoms with Crippen molar-refractivity contribution < 1.29 is 9.47 Å². The largest absolute Gasteiger partial charge is 0.378 e. The van der Waals surface area contributed by atoms with Gasteiger partial charge < -0.3 is 29.9 Å². The molecule has 7 heteroatoms. The first kappa shape index (κ1) is 18.0. The van der Waals surface area contributed by atoms with Crippen molar-refractivity contribution in [1.82, 2.24) is 5.32 Å². The fraction of sp³-hybridized carbons (Fsp3) is 0.500. The number of ether oxygens (including phenoxy) is 2. The molecule has 2 heterocycles. The van der Waals surface area contributed by atoms with E-state index in [1.165, 1.54) is 5.69 Å². The smallest absolute Gasteiger partial charge is 0.171 e. The molecule has 2 aliphatic heterocycles. The zero-order valence-corrected chi connectivity index (χ0v) is 15.3. The summed E-state index contributed by atoms with van der Waals surface area (Å²) in [6.45, 7) is 11.0. The molecular formula is C18H26N4O2S. The molecule has 2 fully saturated rings. The van der Waals surface area contributed by atoms with Crippen LogP contribution >= 0.6 is 12.2 Å². The number of hydrogen-bond donors (Lipinski definition) is 2. The van der Waals surface area contributed by atoms with Crippen LogP contribution in [0.15, 0.2) is 30.9 Å². The molecule has 0 aliphatic carbocycles. The lowest BCUT2D eigenvalue weighted by Gasteiger charge is -2.33. The lowest BCUT2D eigenvalue weighted by molar-refractivity contribution is 0.122. The van der Waals surface area contributed by atoms with Gasteiger partial charge in [0.05, 0.1) is 37.8 Å². The van der Waals surface area contributed by atoms with Gasteiger partial charge in [-0.2, -0.15) is 0 Å². The zero-order valence-electron chi connectivity index (χ0n) is 14.5. The highest BCUT2D eigenvalue weighted by Gasteiger charge is 2.19. The molecule has 0 bridgehead atoms. The molecular weight excluding hydrogens is 336 g/mol. The van der Waals surface area contributed by atoms with Crippen molar-refractivity contribution in [2.75, 3.05) is 74.3 Å². The molecule has 0 aromatic heterocycles. The molecule has 136 valence electrons. The number of morpholine rings is 2. The Morgan fingerprint density at radius 3 is 2.36 bits per heavy atom. The van der Waals surface area contributed by atoms with Gasteiger partial charge in [-0.1, -0.05) is 6.08 Å². The quantitative estimate of drug-likeness (QED) is 0.612. The Labute approximate surface area is 154 Å². The maximum absolute atomic E-state index is 5.50. The molecule has 2 saturated heterocycles. The summed E-state index contributed by atoms with van der Waals surface area (Å²) < 4.78 is 11.0. The minimum Gasteiger partial charge on any atom is -0.378 e. The van der Waals surface area contributed by atoms with Crippen LogP contribution in [0.5, 0.6) is 0 Å². The second-order valence-corrected chi connectivity index (χ2v) is 6.43. The summed E-state index contributed by atoms with van der Waals surface area (Å²) in [6, 6.07) is 6.50. The van der Waals surface area contributed by atoms with E-state index in [1.54, 1.807) is 6.08 Å². The number of nitrogens with zero attached hydrogens (tertiary/aromatic N) is 2. The third kappa shape index (κ3) is 4.84. The molecule has 6 nitrogen and oxygen atoms in total. The summed E-state index contributed by atoms with van der Waals surface area (Å²) in [5.74, 6) is 0. The lowest BCUT2D eigenvalue weighted by Crippen LogP contribution is -2.38. The summed E-state index contributed by atoms with van der Waals surface area (Å²) in [4.78, 5) is 4.72. The van der Waals surface area contributed by atoms with Crippen molar-refractivity contribution >= 4 is 34.4 Å². The second-order valence-electron chi connectivity index (χ2n) is 6.02. The minimum atomic E-state index is 0.605. The molecule has 0 radical (unpaired) electrons. The van der Waals surface area contributed by atoms with Crippen molar-refractivity contribution in [3.8, 4) is 0 Å². The van der Waals surface area contributed by atoms with E-state index in [-0.39, 0.29) is 0 Å². The standard InChI is InChI=1S/C18H26N4O2S/c1-2-5-19-18(25)20-16-4-3-15(21-6-10-23-11-7-21)14-17(16)22-8-12-24-13-9-22/h2-4,14H,1,5-13H2,(H2,19,20,25). The third-order valence-corrected chi connectivity index (χ3v) is 4.61. The Bertz CT molecular complexity index is 599. The Morgan fingerprint density at radius 1 is 1.08 bits per heavy atom. The molecule has 0 amide bonds. The summed E-state index contributed by atoms with van der Waals surface area (Å²) in [5, 5.41) is 7.05. The van der Waals surface area contributed by atoms with Gasteiger partial charge in [0.15, 0.2) is 5.11 Å². The molecule has 1 aromatic carbocycles. The third-order valence-electron chi connectivity index (χ3n) is 4.36. The molecule has 0 unspecified atom stereocenters. The fourth-order valence-corrected chi connectivity index (χ4v) is 3.23. The minimum absolute atomic E-state index is 0.605. The van der Waals surface area contributed by atoms with E-state index < -0.39 is 0 Å². The van der Waals surface area contributed by atoms with E-state index in [0.29, 0.717) is 11.7 Å². The normalized spacial score (nSPS) is 17.9. The average molecular weight is 362 g/mol. The second kappa shape index (κ2) is 9.03. The van der Waals surface area contributed by atoms with Gasteiger partial charge in [-0.05, 0) is 30.4 Å². The number of hydrogen-bond acceptors (Lipinski definition) is 5.